The molecule has 0 amide bonds. The Labute approximate surface area is 67.9 Å². The van der Waals surface area contributed by atoms with Gasteiger partial charge < -0.3 is 18.1 Å². The topological polar surface area (TPSA) is 20.2 Å². The van der Waals surface area contributed by atoms with Crippen LogP contribution in [0, 0.1) is 6.92 Å². The van der Waals surface area contributed by atoms with Crippen LogP contribution in [0.2, 0.25) is 0 Å². The van der Waals surface area contributed by atoms with Crippen molar-refractivity contribution >= 4 is 12.4 Å². The zero-order chi connectivity index (χ0) is 9.35. The average molecular weight is 175 g/mol. The Morgan fingerprint density at radius 2 is 1.83 bits per heavy atom. The lowest BCUT2D eigenvalue weighted by Gasteiger charge is -2.16. The zero-order valence-corrected chi connectivity index (χ0v) is 6.39. The van der Waals surface area contributed by atoms with Crippen LogP contribution >= 0.6 is 0 Å². The first kappa shape index (κ1) is 8.97. The van der Waals surface area contributed by atoms with Crippen molar-refractivity contribution in [2.45, 2.75) is 6.92 Å². The molecule has 0 atom stereocenters. The molecule has 1 N–H and O–H groups in total. The molecule has 0 radical (unpaired) electrons. The van der Waals surface area contributed by atoms with Crippen molar-refractivity contribution in [1.82, 2.24) is 0 Å². The lowest BCUT2D eigenvalue weighted by atomic mass is 9.79. The van der Waals surface area contributed by atoms with Crippen LogP contribution in [0.15, 0.2) is 18.2 Å². The van der Waals surface area contributed by atoms with E-state index >= 15 is 0 Å². The largest absolute Gasteiger partial charge is 0.513 e. The summed E-state index contributed by atoms with van der Waals surface area (Å²) in [6, 6.07) is 3.32. The van der Waals surface area contributed by atoms with E-state index in [0.29, 0.717) is 5.56 Å². The number of halogens is 3. The van der Waals surface area contributed by atoms with Gasteiger partial charge in [-0.05, 0) is 18.6 Å². The molecule has 0 bridgehead atoms. The van der Waals surface area contributed by atoms with E-state index in [4.69, 9.17) is 5.11 Å². The van der Waals surface area contributed by atoms with E-state index < -0.39 is 18.2 Å². The first-order valence-electron chi connectivity index (χ1n) is 3.40. The van der Waals surface area contributed by atoms with E-state index in [1.807, 2.05) is 0 Å². The maximum absolute atomic E-state index is 12.1. The van der Waals surface area contributed by atoms with Gasteiger partial charge in [0.2, 0.25) is 0 Å². The van der Waals surface area contributed by atoms with Crippen LogP contribution in [-0.4, -0.2) is 12.1 Å². The molecule has 0 unspecified atom stereocenters. The quantitative estimate of drug-likeness (QED) is 0.644. The molecule has 5 heteroatoms. The van der Waals surface area contributed by atoms with Crippen LogP contribution in [0.25, 0.3) is 0 Å². The summed E-state index contributed by atoms with van der Waals surface area (Å²) >= 11 is 0. The summed E-state index contributed by atoms with van der Waals surface area (Å²) < 4.78 is 36.2. The van der Waals surface area contributed by atoms with Crippen molar-refractivity contribution in [3.05, 3.63) is 23.8 Å². The number of aromatic hydroxyl groups is 1. The summed E-state index contributed by atoms with van der Waals surface area (Å²) in [5.41, 5.74) is -0.322. The fourth-order valence-corrected chi connectivity index (χ4v) is 0.930. The highest BCUT2D eigenvalue weighted by Gasteiger charge is 2.28. The molecule has 0 spiro atoms. The van der Waals surface area contributed by atoms with Gasteiger partial charge in [0.15, 0.2) is 0 Å². The molecule has 66 valence electrons. The first-order valence-corrected chi connectivity index (χ1v) is 3.40. The molecule has 1 nitrogen and oxygen atoms in total. The fourth-order valence-electron chi connectivity index (χ4n) is 0.930. The predicted octanol–water partition coefficient (Wildman–Crippen LogP) is 1.76. The van der Waals surface area contributed by atoms with Gasteiger partial charge in [0.25, 0.3) is 0 Å². The van der Waals surface area contributed by atoms with Gasteiger partial charge in [-0.3, -0.25) is 0 Å². The van der Waals surface area contributed by atoms with Gasteiger partial charge in [-0.15, -0.1) is 0 Å². The maximum Gasteiger partial charge on any atom is 0.513 e. The summed E-state index contributed by atoms with van der Waals surface area (Å²) in [4.78, 5) is 0. The molecule has 0 aromatic heterocycles. The van der Waals surface area contributed by atoms with Gasteiger partial charge in [-0.1, -0.05) is 17.6 Å². The number of benzene rings is 1. The maximum atomic E-state index is 12.1. The number of phenols is 1. The minimum Gasteiger partial charge on any atom is -0.511 e. The van der Waals surface area contributed by atoms with Crippen molar-refractivity contribution in [3.8, 4) is 5.75 Å². The molecule has 0 heterocycles. The Morgan fingerprint density at radius 3 is 2.25 bits per heavy atom. The third-order valence-corrected chi connectivity index (χ3v) is 1.54. The second kappa shape index (κ2) is 2.73. The molecule has 1 rings (SSSR count). The summed E-state index contributed by atoms with van der Waals surface area (Å²) in [6.07, 6.45) is 0. The second-order valence-corrected chi connectivity index (χ2v) is 2.64. The van der Waals surface area contributed by atoms with Crippen LogP contribution in [0.4, 0.5) is 12.9 Å². The minimum atomic E-state index is -5.09. The molecule has 0 saturated carbocycles. The summed E-state index contributed by atoms with van der Waals surface area (Å²) in [6.45, 7) is -3.48. The van der Waals surface area contributed by atoms with Crippen LogP contribution < -0.4 is 5.46 Å². The Kier molecular flexibility index (Phi) is 2.04. The van der Waals surface area contributed by atoms with E-state index in [0.717, 1.165) is 12.1 Å². The van der Waals surface area contributed by atoms with Gasteiger partial charge >= 0.3 is 6.98 Å². The van der Waals surface area contributed by atoms with Crippen LogP contribution in [-0.2, 0) is 0 Å². The third kappa shape index (κ3) is 1.72. The van der Waals surface area contributed by atoms with Crippen LogP contribution in [0.5, 0.6) is 5.75 Å². The SMILES string of the molecule is Cc1ccc([B-](F)(F)F)c(O)c1. The van der Waals surface area contributed by atoms with Crippen molar-refractivity contribution in [3.63, 3.8) is 0 Å². The summed E-state index contributed by atoms with van der Waals surface area (Å²) in [5, 5.41) is 8.92. The predicted molar refractivity (Wildman–Crippen MR) is 41.6 cm³/mol. The lowest BCUT2D eigenvalue weighted by Crippen LogP contribution is -2.34. The van der Waals surface area contributed by atoms with E-state index in [1.54, 1.807) is 6.92 Å². The number of hydrogen-bond acceptors (Lipinski definition) is 1. The van der Waals surface area contributed by atoms with Gasteiger partial charge in [0, 0.05) is 0 Å². The third-order valence-electron chi connectivity index (χ3n) is 1.54. The average Bonchev–Trinajstić information content (AvgIpc) is 1.83. The Balaban J connectivity index is 3.19. The molecule has 12 heavy (non-hydrogen) atoms. The molecular formula is C7H7BF3O-. The lowest BCUT2D eigenvalue weighted by molar-refractivity contribution is 0.463. The second-order valence-electron chi connectivity index (χ2n) is 2.64. The monoisotopic (exact) mass is 175 g/mol. The molecule has 0 aliphatic heterocycles. The first-order chi connectivity index (χ1) is 5.41. The number of hydrogen-bond donors (Lipinski definition) is 1. The molecule has 0 fully saturated rings. The smallest absolute Gasteiger partial charge is 0.511 e. The highest BCUT2D eigenvalue weighted by atomic mass is 19.4. The van der Waals surface area contributed by atoms with Crippen molar-refractivity contribution < 1.29 is 18.1 Å². The molecule has 1 aromatic rings. The highest BCUT2D eigenvalue weighted by Crippen LogP contribution is 2.17. The van der Waals surface area contributed by atoms with Gasteiger partial charge in [0.05, 0.1) is 5.75 Å². The molecule has 0 aliphatic carbocycles. The molecular weight excluding hydrogens is 168 g/mol. The normalized spacial score (nSPS) is 11.7. The number of aryl methyl sites for hydroxylation is 1. The molecule has 1 aromatic carbocycles. The number of phenolic OH excluding ortho intramolecular Hbond substituents is 1. The summed E-state index contributed by atoms with van der Waals surface area (Å²) in [7, 11) is 0. The van der Waals surface area contributed by atoms with Crippen molar-refractivity contribution in [2.75, 3.05) is 0 Å². The van der Waals surface area contributed by atoms with Crippen molar-refractivity contribution in [1.29, 1.82) is 0 Å². The Morgan fingerprint density at radius 1 is 1.25 bits per heavy atom. The minimum absolute atomic E-state index is 0.608. The van der Waals surface area contributed by atoms with Gasteiger partial charge in [-0.2, -0.15) is 0 Å². The van der Waals surface area contributed by atoms with Crippen LogP contribution in [0.1, 0.15) is 5.56 Å². The van der Waals surface area contributed by atoms with E-state index in [-0.39, 0.29) is 0 Å². The fraction of sp³-hybridized carbons (Fsp3) is 0.143. The zero-order valence-electron chi connectivity index (χ0n) is 6.39. The van der Waals surface area contributed by atoms with Gasteiger partial charge in [0.1, 0.15) is 0 Å². The van der Waals surface area contributed by atoms with Gasteiger partial charge in [-0.25, -0.2) is 0 Å². The molecule has 0 saturated heterocycles. The molecule has 0 aliphatic rings. The van der Waals surface area contributed by atoms with Crippen molar-refractivity contribution in [2.24, 2.45) is 0 Å². The number of rotatable bonds is 1. The summed E-state index contributed by atoms with van der Waals surface area (Å²) in [5.74, 6) is -0.692. The Bertz CT molecular complexity index is 295. The highest BCUT2D eigenvalue weighted by molar-refractivity contribution is 6.74. The van der Waals surface area contributed by atoms with Crippen LogP contribution in [0.3, 0.4) is 0 Å². The standard InChI is InChI=1S/C7H7BF3O/c1-5-2-3-6(7(12)4-5)8(9,10)11/h2-4,12H,1H3/q-1. The van der Waals surface area contributed by atoms with E-state index in [9.17, 15) is 12.9 Å². The van der Waals surface area contributed by atoms with E-state index in [1.165, 1.54) is 6.07 Å². The Hall–Kier alpha value is -1.13. The van der Waals surface area contributed by atoms with E-state index in [2.05, 4.69) is 0 Å².